The molecule has 0 saturated carbocycles. The van der Waals surface area contributed by atoms with Crippen LogP contribution in [0.25, 0.3) is 20.5 Å². The Hall–Kier alpha value is -3.84. The maximum Gasteiger partial charge on any atom is 0.222 e. The summed E-state index contributed by atoms with van der Waals surface area (Å²) in [4.78, 5) is 28.3. The lowest BCUT2D eigenvalue weighted by atomic mass is 9.97. The van der Waals surface area contributed by atoms with E-state index >= 15 is 0 Å². The van der Waals surface area contributed by atoms with Crippen LogP contribution in [0.15, 0.2) is 66.7 Å². The van der Waals surface area contributed by atoms with E-state index in [2.05, 4.69) is 0 Å². The number of likely N-dealkylation sites (tertiary alicyclic amines) is 1. The van der Waals surface area contributed by atoms with E-state index in [0.717, 1.165) is 45.0 Å². The molecule has 2 heterocycles. The zero-order valence-corrected chi connectivity index (χ0v) is 21.1. The predicted molar refractivity (Wildman–Crippen MR) is 142 cm³/mol. The maximum absolute atomic E-state index is 13.8. The van der Waals surface area contributed by atoms with E-state index in [1.807, 2.05) is 59.5 Å². The number of thiophene rings is 1. The van der Waals surface area contributed by atoms with Gasteiger partial charge in [-0.3, -0.25) is 9.59 Å². The number of nitrogens with zero attached hydrogens (tertiary/aromatic N) is 1. The Labute approximate surface area is 214 Å². The van der Waals surface area contributed by atoms with Crippen molar-refractivity contribution >= 4 is 33.1 Å². The van der Waals surface area contributed by atoms with Gasteiger partial charge in [0.1, 0.15) is 23.9 Å². The number of amides is 1. The molecule has 0 aliphatic carbocycles. The zero-order valence-electron chi connectivity index (χ0n) is 20.3. The van der Waals surface area contributed by atoms with Crippen molar-refractivity contribution < 1.29 is 23.8 Å². The molecule has 1 aliphatic heterocycles. The van der Waals surface area contributed by atoms with E-state index in [-0.39, 0.29) is 11.7 Å². The van der Waals surface area contributed by atoms with Crippen molar-refractivity contribution in [1.82, 2.24) is 4.90 Å². The summed E-state index contributed by atoms with van der Waals surface area (Å²) in [5.41, 5.74) is 2.21. The van der Waals surface area contributed by atoms with Crippen molar-refractivity contribution in [2.45, 2.75) is 12.8 Å². The third-order valence-electron chi connectivity index (χ3n) is 6.39. The third kappa shape index (κ3) is 4.79. The van der Waals surface area contributed by atoms with Gasteiger partial charge in [0.15, 0.2) is 5.78 Å². The van der Waals surface area contributed by atoms with Gasteiger partial charge < -0.3 is 19.1 Å². The number of hydrogen-bond acceptors (Lipinski definition) is 6. The molecule has 1 saturated heterocycles. The van der Waals surface area contributed by atoms with E-state index in [4.69, 9.17) is 14.2 Å². The summed E-state index contributed by atoms with van der Waals surface area (Å²) >= 11 is 1.57. The number of methoxy groups -OCH3 is 2. The van der Waals surface area contributed by atoms with Crippen LogP contribution in [0, 0.1) is 0 Å². The fourth-order valence-electron chi connectivity index (χ4n) is 4.44. The van der Waals surface area contributed by atoms with Crippen LogP contribution in [0.4, 0.5) is 0 Å². The van der Waals surface area contributed by atoms with Gasteiger partial charge in [-0.15, -0.1) is 11.3 Å². The molecule has 1 fully saturated rings. The first-order chi connectivity index (χ1) is 17.6. The largest absolute Gasteiger partial charge is 0.497 e. The molecule has 0 atom stereocenters. The summed E-state index contributed by atoms with van der Waals surface area (Å²) in [5.74, 6) is 2.33. The second kappa shape index (κ2) is 10.4. The fourth-order valence-corrected chi connectivity index (χ4v) is 5.67. The summed E-state index contributed by atoms with van der Waals surface area (Å²) < 4.78 is 17.5. The van der Waals surface area contributed by atoms with Crippen LogP contribution in [0.2, 0.25) is 0 Å². The van der Waals surface area contributed by atoms with Gasteiger partial charge in [0, 0.05) is 39.1 Å². The predicted octanol–water partition coefficient (Wildman–Crippen LogP) is 5.82. The average molecular weight is 502 g/mol. The van der Waals surface area contributed by atoms with Gasteiger partial charge in [-0.2, -0.15) is 0 Å². The van der Waals surface area contributed by atoms with Crippen LogP contribution in [0.3, 0.4) is 0 Å². The topological polar surface area (TPSA) is 65.1 Å². The average Bonchev–Trinajstić information content (AvgIpc) is 3.51. The van der Waals surface area contributed by atoms with Gasteiger partial charge in [-0.1, -0.05) is 0 Å². The Morgan fingerprint density at radius 2 is 1.61 bits per heavy atom. The van der Waals surface area contributed by atoms with Crippen LogP contribution in [0.5, 0.6) is 17.2 Å². The van der Waals surface area contributed by atoms with Crippen molar-refractivity contribution in [3.8, 4) is 27.7 Å². The molecule has 0 unspecified atom stereocenters. The Bertz CT molecular complexity index is 1390. The molecule has 7 heteroatoms. The molecule has 1 amide bonds. The van der Waals surface area contributed by atoms with E-state index in [1.165, 1.54) is 0 Å². The fraction of sp³-hybridized carbons (Fsp3) is 0.241. The van der Waals surface area contributed by atoms with E-state index < -0.39 is 0 Å². The smallest absolute Gasteiger partial charge is 0.222 e. The second-order valence-corrected chi connectivity index (χ2v) is 9.64. The van der Waals surface area contributed by atoms with Crippen molar-refractivity contribution in [3.05, 3.63) is 77.9 Å². The van der Waals surface area contributed by atoms with Gasteiger partial charge in [0.25, 0.3) is 0 Å². The number of hydrogen-bond donors (Lipinski definition) is 0. The molecule has 3 aromatic carbocycles. The minimum Gasteiger partial charge on any atom is -0.497 e. The highest BCUT2D eigenvalue weighted by atomic mass is 32.1. The minimum absolute atomic E-state index is 0.0496. The summed E-state index contributed by atoms with van der Waals surface area (Å²) in [6, 6.07) is 20.7. The first-order valence-corrected chi connectivity index (χ1v) is 12.7. The minimum atomic E-state index is -0.0496. The molecular formula is C29H27NO5S. The number of benzene rings is 3. The van der Waals surface area contributed by atoms with Crippen molar-refractivity contribution in [1.29, 1.82) is 0 Å². The summed E-state index contributed by atoms with van der Waals surface area (Å²) in [6.45, 7) is 1.80. The molecule has 0 radical (unpaired) electrons. The standard InChI is InChI=1S/C29H27NO5S/c1-33-21-9-7-20(8-10-21)29-27(24-14-13-23(34-2)18-25(24)36-29)28(32)19-5-11-22(12-6-19)35-17-16-30-15-3-4-26(30)31/h5-14,18H,3-4,15-17H2,1-2H3. The molecular weight excluding hydrogens is 474 g/mol. The Morgan fingerprint density at radius 3 is 2.28 bits per heavy atom. The number of carbonyl (C=O) groups excluding carboxylic acids is 2. The summed E-state index contributed by atoms with van der Waals surface area (Å²) in [6.07, 6.45) is 1.54. The van der Waals surface area contributed by atoms with Gasteiger partial charge in [-0.25, -0.2) is 0 Å². The van der Waals surface area contributed by atoms with E-state index in [0.29, 0.717) is 36.4 Å². The summed E-state index contributed by atoms with van der Waals surface area (Å²) in [5, 5.41) is 0.896. The summed E-state index contributed by atoms with van der Waals surface area (Å²) in [7, 11) is 3.27. The monoisotopic (exact) mass is 501 g/mol. The molecule has 184 valence electrons. The Morgan fingerprint density at radius 1 is 0.917 bits per heavy atom. The van der Waals surface area contributed by atoms with Crippen molar-refractivity contribution in [2.75, 3.05) is 33.9 Å². The van der Waals surface area contributed by atoms with Gasteiger partial charge in [0.2, 0.25) is 5.91 Å². The Balaban J connectivity index is 1.42. The zero-order chi connectivity index (χ0) is 25.1. The number of carbonyl (C=O) groups is 2. The van der Waals surface area contributed by atoms with Crippen LogP contribution < -0.4 is 14.2 Å². The quantitative estimate of drug-likeness (QED) is 0.271. The number of rotatable bonds is 9. The van der Waals surface area contributed by atoms with Gasteiger partial charge in [-0.05, 0) is 78.7 Å². The van der Waals surface area contributed by atoms with E-state index in [1.54, 1.807) is 37.7 Å². The van der Waals surface area contributed by atoms with Crippen molar-refractivity contribution in [3.63, 3.8) is 0 Å². The van der Waals surface area contributed by atoms with Gasteiger partial charge >= 0.3 is 0 Å². The second-order valence-electron chi connectivity index (χ2n) is 8.58. The molecule has 0 N–H and O–H groups in total. The molecule has 36 heavy (non-hydrogen) atoms. The highest BCUT2D eigenvalue weighted by molar-refractivity contribution is 7.22. The molecule has 5 rings (SSSR count). The highest BCUT2D eigenvalue weighted by Gasteiger charge is 2.22. The van der Waals surface area contributed by atoms with Crippen LogP contribution in [0.1, 0.15) is 28.8 Å². The van der Waals surface area contributed by atoms with Gasteiger partial charge in [0.05, 0.1) is 20.8 Å². The van der Waals surface area contributed by atoms with Crippen molar-refractivity contribution in [2.24, 2.45) is 0 Å². The molecule has 1 aromatic heterocycles. The first-order valence-electron chi connectivity index (χ1n) is 11.9. The highest BCUT2D eigenvalue weighted by Crippen LogP contribution is 2.41. The Kier molecular flexibility index (Phi) is 6.91. The van der Waals surface area contributed by atoms with Crippen LogP contribution in [-0.2, 0) is 4.79 Å². The lowest BCUT2D eigenvalue weighted by Gasteiger charge is -2.15. The number of ketones is 1. The van der Waals surface area contributed by atoms with E-state index in [9.17, 15) is 9.59 Å². The molecule has 1 aliphatic rings. The molecule has 0 spiro atoms. The molecule has 0 bridgehead atoms. The lowest BCUT2D eigenvalue weighted by molar-refractivity contribution is -0.128. The molecule has 6 nitrogen and oxygen atoms in total. The van der Waals surface area contributed by atoms with Crippen LogP contribution in [-0.4, -0.2) is 50.5 Å². The van der Waals surface area contributed by atoms with Crippen LogP contribution >= 0.6 is 11.3 Å². The maximum atomic E-state index is 13.8. The first kappa shape index (κ1) is 23.9. The lowest BCUT2D eigenvalue weighted by Crippen LogP contribution is -2.29. The third-order valence-corrected chi connectivity index (χ3v) is 7.60. The normalized spacial score (nSPS) is 13.3. The molecule has 4 aromatic rings. The SMILES string of the molecule is COc1ccc(-c2sc3cc(OC)ccc3c2C(=O)c2ccc(OCCN3CCCC3=O)cc2)cc1. The number of fused-ring (bicyclic) bond motifs is 1. The number of ether oxygens (including phenoxy) is 3.